The van der Waals surface area contributed by atoms with E-state index in [0.29, 0.717) is 46.2 Å². The van der Waals surface area contributed by atoms with Gasteiger partial charge in [-0.05, 0) is 64.5 Å². The number of aromatic nitrogens is 4. The van der Waals surface area contributed by atoms with Crippen LogP contribution in [0.25, 0.3) is 21.9 Å². The molecule has 35 heavy (non-hydrogen) atoms. The van der Waals surface area contributed by atoms with Crippen LogP contribution in [0.2, 0.25) is 0 Å². The molecule has 1 aromatic carbocycles. The number of carbonyl (C=O) groups excluding carboxylic acids is 2. The summed E-state index contributed by atoms with van der Waals surface area (Å²) in [5.41, 5.74) is 14.4. The summed E-state index contributed by atoms with van der Waals surface area (Å²) in [5.74, 6) is 0.798. The number of benzene rings is 1. The number of nitrogen functional groups attached to an aromatic ring is 1. The van der Waals surface area contributed by atoms with Crippen LogP contribution in [0.3, 0.4) is 0 Å². The molecule has 0 spiro atoms. The summed E-state index contributed by atoms with van der Waals surface area (Å²) >= 11 is 3.32. The van der Waals surface area contributed by atoms with E-state index in [4.69, 9.17) is 11.5 Å². The van der Waals surface area contributed by atoms with Crippen LogP contribution in [0.15, 0.2) is 47.3 Å². The number of carbonyl (C=O) groups is 2. The van der Waals surface area contributed by atoms with Gasteiger partial charge in [0, 0.05) is 18.0 Å². The number of hydrogen-bond acceptors (Lipinski definition) is 7. The predicted octanol–water partition coefficient (Wildman–Crippen LogP) is 2.41. The third-order valence-electron chi connectivity index (χ3n) is 6.92. The monoisotopic (exact) mass is 534 g/mol. The average molecular weight is 535 g/mol. The number of halogens is 1. The van der Waals surface area contributed by atoms with Crippen LogP contribution in [0.1, 0.15) is 18.4 Å². The molecule has 1 saturated heterocycles. The van der Waals surface area contributed by atoms with E-state index in [-0.39, 0.29) is 24.4 Å². The molecule has 1 aliphatic carbocycles. The fraction of sp³-hybridized carbons (Fsp3) is 0.292. The first-order valence-electron chi connectivity index (χ1n) is 11.4. The van der Waals surface area contributed by atoms with Crippen molar-refractivity contribution in [3.8, 4) is 0 Å². The van der Waals surface area contributed by atoms with Gasteiger partial charge in [0.2, 0.25) is 11.8 Å². The van der Waals surface area contributed by atoms with E-state index < -0.39 is 6.04 Å². The van der Waals surface area contributed by atoms with Gasteiger partial charge in [-0.15, -0.1) is 0 Å². The van der Waals surface area contributed by atoms with Crippen molar-refractivity contribution >= 4 is 61.3 Å². The lowest BCUT2D eigenvalue weighted by molar-refractivity contribution is -0.138. The second kappa shape index (κ2) is 8.28. The number of anilines is 2. The highest BCUT2D eigenvalue weighted by Gasteiger charge is 2.56. The Morgan fingerprint density at radius 1 is 1.17 bits per heavy atom. The highest BCUT2D eigenvalue weighted by molar-refractivity contribution is 9.10. The summed E-state index contributed by atoms with van der Waals surface area (Å²) in [4.78, 5) is 41.4. The molecular formula is C24H23BrN8O2. The average Bonchev–Trinajstić information content (AvgIpc) is 3.39. The first kappa shape index (κ1) is 21.9. The van der Waals surface area contributed by atoms with Gasteiger partial charge in [0.15, 0.2) is 0 Å². The van der Waals surface area contributed by atoms with E-state index in [1.807, 2.05) is 22.8 Å². The van der Waals surface area contributed by atoms with Crippen molar-refractivity contribution in [3.63, 3.8) is 0 Å². The quantitative estimate of drug-likeness (QED) is 0.333. The van der Waals surface area contributed by atoms with Gasteiger partial charge >= 0.3 is 0 Å². The molecule has 0 radical (unpaired) electrons. The van der Waals surface area contributed by atoms with Crippen molar-refractivity contribution in [1.29, 1.82) is 0 Å². The van der Waals surface area contributed by atoms with Crippen molar-refractivity contribution in [2.75, 3.05) is 11.1 Å². The Morgan fingerprint density at radius 3 is 2.83 bits per heavy atom. The minimum atomic E-state index is -0.538. The number of hydrogen-bond donors (Lipinski definition) is 3. The lowest BCUT2D eigenvalue weighted by Gasteiger charge is -2.27. The molecule has 2 aliphatic rings. The van der Waals surface area contributed by atoms with Crippen LogP contribution < -0.4 is 16.8 Å². The molecule has 0 bridgehead atoms. The molecule has 11 heteroatoms. The van der Waals surface area contributed by atoms with Gasteiger partial charge in [0.05, 0.1) is 10.9 Å². The number of likely N-dealkylation sites (tertiary alicyclic amines) is 1. The zero-order valence-corrected chi connectivity index (χ0v) is 20.3. The zero-order chi connectivity index (χ0) is 24.3. The highest BCUT2D eigenvalue weighted by Crippen LogP contribution is 2.48. The Kier molecular flexibility index (Phi) is 5.19. The third kappa shape index (κ3) is 3.71. The van der Waals surface area contributed by atoms with Gasteiger partial charge in [-0.2, -0.15) is 0 Å². The molecule has 0 unspecified atom stereocenters. The van der Waals surface area contributed by atoms with E-state index in [9.17, 15) is 9.59 Å². The minimum Gasteiger partial charge on any atom is -0.383 e. The van der Waals surface area contributed by atoms with Crippen LogP contribution in [-0.4, -0.2) is 48.3 Å². The maximum absolute atomic E-state index is 13.7. The number of piperidine rings is 1. The van der Waals surface area contributed by atoms with Gasteiger partial charge in [0.1, 0.15) is 40.8 Å². The number of pyridine rings is 1. The van der Waals surface area contributed by atoms with Crippen molar-refractivity contribution in [3.05, 3.63) is 52.9 Å². The molecule has 3 aromatic heterocycles. The van der Waals surface area contributed by atoms with Gasteiger partial charge in [-0.3, -0.25) is 9.59 Å². The highest BCUT2D eigenvalue weighted by atomic mass is 79.9. The Bertz CT molecular complexity index is 1500. The minimum absolute atomic E-state index is 0.0422. The van der Waals surface area contributed by atoms with E-state index >= 15 is 0 Å². The van der Waals surface area contributed by atoms with Crippen molar-refractivity contribution in [1.82, 2.24) is 24.4 Å². The maximum atomic E-state index is 13.7. The largest absolute Gasteiger partial charge is 0.383 e. The molecule has 3 atom stereocenters. The van der Waals surface area contributed by atoms with E-state index in [2.05, 4.69) is 36.2 Å². The maximum Gasteiger partial charge on any atom is 0.248 e. The molecule has 10 nitrogen and oxygen atoms in total. The molecule has 1 aliphatic heterocycles. The van der Waals surface area contributed by atoms with E-state index in [1.54, 1.807) is 23.1 Å². The number of amides is 2. The van der Waals surface area contributed by atoms with Crippen LogP contribution in [0, 0.1) is 5.92 Å². The van der Waals surface area contributed by atoms with Gasteiger partial charge < -0.3 is 26.3 Å². The Balaban J connectivity index is 1.33. The van der Waals surface area contributed by atoms with Crippen LogP contribution in [0.4, 0.5) is 11.6 Å². The molecule has 4 heterocycles. The van der Waals surface area contributed by atoms with Gasteiger partial charge in [-0.1, -0.05) is 12.1 Å². The molecular weight excluding hydrogens is 512 g/mol. The lowest BCUT2D eigenvalue weighted by Crippen LogP contribution is -2.46. The summed E-state index contributed by atoms with van der Waals surface area (Å²) < 4.78 is 2.48. The standard InChI is InChI=1S/C24H23BrN8O2/c25-18-2-1-3-19(30-18)31-24(35)17-8-13-7-16(13)33(17)20(34)10-32-15-5-4-12(9-26)6-14(15)21-22(27)28-11-29-23(21)32/h1-6,11,13,16-17H,7-10,26H2,(H2,27,28,29)(H,30,31,35)/t13-,16-,17+/m1/s1. The number of nitrogens with one attached hydrogen (secondary N) is 1. The molecule has 2 fully saturated rings. The van der Waals surface area contributed by atoms with Crippen molar-refractivity contribution in [2.24, 2.45) is 11.7 Å². The second-order valence-corrected chi connectivity index (χ2v) is 9.86. The summed E-state index contributed by atoms with van der Waals surface area (Å²) in [5, 5.41) is 4.42. The summed E-state index contributed by atoms with van der Waals surface area (Å²) in [6.45, 7) is 0.427. The van der Waals surface area contributed by atoms with Crippen LogP contribution in [0.5, 0.6) is 0 Å². The van der Waals surface area contributed by atoms with E-state index in [1.165, 1.54) is 6.33 Å². The Hall–Kier alpha value is -3.57. The summed E-state index contributed by atoms with van der Waals surface area (Å²) in [7, 11) is 0. The molecule has 178 valence electrons. The Morgan fingerprint density at radius 2 is 2.03 bits per heavy atom. The summed E-state index contributed by atoms with van der Waals surface area (Å²) in [6, 6.07) is 10.7. The van der Waals surface area contributed by atoms with Crippen molar-refractivity contribution < 1.29 is 9.59 Å². The van der Waals surface area contributed by atoms with Crippen LogP contribution >= 0.6 is 15.9 Å². The topological polar surface area (TPSA) is 145 Å². The summed E-state index contributed by atoms with van der Waals surface area (Å²) in [6.07, 6.45) is 2.97. The first-order valence-corrected chi connectivity index (χ1v) is 12.2. The molecule has 4 aromatic rings. The molecule has 5 N–H and O–H groups in total. The fourth-order valence-corrected chi connectivity index (χ4v) is 5.57. The number of nitrogens with zero attached hydrogens (tertiary/aromatic N) is 5. The van der Waals surface area contributed by atoms with Crippen molar-refractivity contribution in [2.45, 2.75) is 38.0 Å². The smallest absolute Gasteiger partial charge is 0.248 e. The van der Waals surface area contributed by atoms with Gasteiger partial charge in [0.25, 0.3) is 0 Å². The normalized spacial score (nSPS) is 20.9. The number of nitrogens with two attached hydrogens (primary N) is 2. The lowest BCUT2D eigenvalue weighted by atomic mass is 10.1. The fourth-order valence-electron chi connectivity index (χ4n) is 5.23. The molecule has 1 saturated carbocycles. The molecule has 2 amide bonds. The first-order chi connectivity index (χ1) is 16.9. The number of rotatable bonds is 5. The third-order valence-corrected chi connectivity index (χ3v) is 7.37. The van der Waals surface area contributed by atoms with Gasteiger partial charge in [-0.25, -0.2) is 15.0 Å². The van der Waals surface area contributed by atoms with E-state index in [0.717, 1.165) is 22.9 Å². The molecule has 6 rings (SSSR count). The SMILES string of the molecule is NCc1ccc2c(c1)c1c(N)ncnc1n2CC(=O)N1[C@@H]2C[C@@H]2C[C@H]1C(=O)Nc1cccc(Br)n1. The van der Waals surface area contributed by atoms with Crippen LogP contribution in [-0.2, 0) is 22.7 Å². The number of fused-ring (bicyclic) bond motifs is 4. The zero-order valence-electron chi connectivity index (χ0n) is 18.7. The second-order valence-electron chi connectivity index (χ2n) is 9.05. The predicted molar refractivity (Wildman–Crippen MR) is 135 cm³/mol. The Labute approximate surface area is 208 Å².